The highest BCUT2D eigenvalue weighted by Crippen LogP contribution is 2.43. The molecule has 188 valence electrons. The maximum Gasteiger partial charge on any atom is 0.427 e. The number of amides is 1. The second kappa shape index (κ2) is 10.2. The Hall–Kier alpha value is -2.18. The van der Waals surface area contributed by atoms with E-state index >= 15 is 0 Å². The fourth-order valence-corrected chi connectivity index (χ4v) is 4.58. The number of hydrogen-bond donors (Lipinski definition) is 3. The zero-order chi connectivity index (χ0) is 25.1. The van der Waals surface area contributed by atoms with Gasteiger partial charge in [0.2, 0.25) is 5.91 Å². The van der Waals surface area contributed by atoms with Crippen molar-refractivity contribution >= 4 is 22.4 Å². The molecule has 1 amide bonds. The zero-order valence-corrected chi connectivity index (χ0v) is 19.1. The van der Waals surface area contributed by atoms with Crippen LogP contribution in [-0.2, 0) is 4.79 Å². The zero-order valence-electron chi connectivity index (χ0n) is 18.3. The molecule has 2 aromatic rings. The van der Waals surface area contributed by atoms with Crippen LogP contribution in [0.25, 0.3) is 11.3 Å². The molecule has 1 saturated carbocycles. The highest BCUT2D eigenvalue weighted by Gasteiger charge is 2.70. The summed E-state index contributed by atoms with van der Waals surface area (Å²) in [5.41, 5.74) is -2.02. The van der Waals surface area contributed by atoms with Crippen LogP contribution in [0, 0.1) is 12.8 Å². The number of aryl methyl sites for hydroxylation is 1. The van der Waals surface area contributed by atoms with Crippen LogP contribution >= 0.6 is 11.3 Å². The molecule has 0 aliphatic heterocycles. The van der Waals surface area contributed by atoms with Crippen LogP contribution in [0.3, 0.4) is 0 Å². The monoisotopic (exact) mass is 509 g/mol. The molecule has 0 spiro atoms. The summed E-state index contributed by atoms with van der Waals surface area (Å²) in [6, 6.07) is 7.20. The Labute approximate surface area is 196 Å². The van der Waals surface area contributed by atoms with Gasteiger partial charge in [0.05, 0.1) is 5.69 Å². The van der Waals surface area contributed by atoms with E-state index in [1.54, 1.807) is 0 Å². The summed E-state index contributed by atoms with van der Waals surface area (Å²) in [5.74, 6) is -0.288. The summed E-state index contributed by atoms with van der Waals surface area (Å²) >= 11 is 1.29. The number of alkyl halides is 6. The number of carbonyl (C=O) groups is 1. The third-order valence-electron chi connectivity index (χ3n) is 6.00. The van der Waals surface area contributed by atoms with E-state index in [0.717, 1.165) is 16.8 Å². The van der Waals surface area contributed by atoms with Gasteiger partial charge in [-0.25, -0.2) is 4.98 Å². The summed E-state index contributed by atoms with van der Waals surface area (Å²) in [5, 5.41) is 16.5. The van der Waals surface area contributed by atoms with Crippen molar-refractivity contribution < 1.29 is 36.2 Å². The number of rotatable bonds is 7. The van der Waals surface area contributed by atoms with Crippen molar-refractivity contribution in [2.24, 2.45) is 5.92 Å². The first-order valence-electron chi connectivity index (χ1n) is 10.7. The van der Waals surface area contributed by atoms with Crippen molar-refractivity contribution in [3.8, 4) is 11.3 Å². The first kappa shape index (κ1) is 26.4. The number of aliphatic hydroxyl groups is 1. The lowest BCUT2D eigenvalue weighted by atomic mass is 9.83. The molecule has 0 unspecified atom stereocenters. The van der Waals surface area contributed by atoms with E-state index < -0.39 is 30.5 Å². The van der Waals surface area contributed by atoms with E-state index in [1.165, 1.54) is 11.3 Å². The van der Waals surface area contributed by atoms with Gasteiger partial charge in [-0.05, 0) is 38.5 Å². The van der Waals surface area contributed by atoms with Gasteiger partial charge in [0.1, 0.15) is 0 Å². The topological polar surface area (TPSA) is 74.2 Å². The molecule has 1 aromatic carbocycles. The molecule has 0 radical (unpaired) electrons. The molecule has 1 heterocycles. The van der Waals surface area contributed by atoms with E-state index in [4.69, 9.17) is 0 Å². The van der Waals surface area contributed by atoms with Crippen LogP contribution in [0.4, 0.5) is 31.5 Å². The van der Waals surface area contributed by atoms with E-state index in [-0.39, 0.29) is 18.2 Å². The molecule has 1 aromatic heterocycles. The van der Waals surface area contributed by atoms with Gasteiger partial charge in [0, 0.05) is 30.0 Å². The Kier molecular flexibility index (Phi) is 7.93. The Morgan fingerprint density at radius 2 is 1.65 bits per heavy atom. The predicted octanol–water partition coefficient (Wildman–Crippen LogP) is 5.45. The van der Waals surface area contributed by atoms with Crippen LogP contribution < -0.4 is 10.6 Å². The fourth-order valence-electron chi connectivity index (χ4n) is 3.84. The molecule has 0 atom stereocenters. The lowest BCUT2D eigenvalue weighted by Crippen LogP contribution is -2.63. The lowest BCUT2D eigenvalue weighted by Gasteiger charge is -2.35. The minimum Gasteiger partial charge on any atom is -0.373 e. The molecule has 3 rings (SSSR count). The highest BCUT2D eigenvalue weighted by atomic mass is 32.1. The molecule has 0 saturated heterocycles. The van der Waals surface area contributed by atoms with Crippen LogP contribution in [0.5, 0.6) is 0 Å². The van der Waals surface area contributed by atoms with E-state index in [0.29, 0.717) is 30.8 Å². The standard InChI is InChI=1S/C22H25F6N3O2S/c1-13-2-6-15(7-3-13)17-11-34-19(30-17)31-18(32)10-14-4-8-16(9-5-14)29-12-20(33,21(23,24)25)22(26,27)28/h2-3,6-7,11,14,16,29,33H,4-5,8-10,12H2,1H3,(H,30,31,32)/t14-,16-. The number of benzene rings is 1. The van der Waals surface area contributed by atoms with Crippen molar-refractivity contribution in [1.82, 2.24) is 10.3 Å². The predicted molar refractivity (Wildman–Crippen MR) is 116 cm³/mol. The molecule has 12 heteroatoms. The molecular weight excluding hydrogens is 484 g/mol. The number of carbonyl (C=O) groups excluding carboxylic acids is 1. The normalized spacial score (nSPS) is 19.8. The number of hydrogen-bond acceptors (Lipinski definition) is 5. The Bertz CT molecular complexity index is 952. The number of nitrogens with zero attached hydrogens (tertiary/aromatic N) is 1. The average molecular weight is 510 g/mol. The number of thiazole rings is 1. The van der Waals surface area contributed by atoms with Crippen LogP contribution in [0.1, 0.15) is 37.7 Å². The quantitative estimate of drug-likeness (QED) is 0.434. The second-order valence-corrected chi connectivity index (χ2v) is 9.47. The Balaban J connectivity index is 1.45. The molecule has 34 heavy (non-hydrogen) atoms. The highest BCUT2D eigenvalue weighted by molar-refractivity contribution is 7.14. The third kappa shape index (κ3) is 6.28. The SMILES string of the molecule is Cc1ccc(-c2csc(NC(=O)C[C@H]3CC[C@H](NCC(O)(C(F)(F)F)C(F)(F)F)CC3)n2)cc1. The van der Waals surface area contributed by atoms with Crippen molar-refractivity contribution in [3.05, 3.63) is 35.2 Å². The van der Waals surface area contributed by atoms with Gasteiger partial charge in [0.25, 0.3) is 5.60 Å². The molecule has 5 nitrogen and oxygen atoms in total. The minimum absolute atomic E-state index is 0.0429. The molecule has 1 fully saturated rings. The van der Waals surface area contributed by atoms with Gasteiger partial charge in [-0.3, -0.25) is 4.79 Å². The van der Waals surface area contributed by atoms with Crippen LogP contribution in [0.15, 0.2) is 29.6 Å². The molecule has 1 aliphatic rings. The van der Waals surface area contributed by atoms with Crippen molar-refractivity contribution in [2.45, 2.75) is 63.0 Å². The maximum absolute atomic E-state index is 12.8. The van der Waals surface area contributed by atoms with Crippen LogP contribution in [0.2, 0.25) is 0 Å². The smallest absolute Gasteiger partial charge is 0.373 e. The Morgan fingerprint density at radius 1 is 1.06 bits per heavy atom. The van der Waals surface area contributed by atoms with E-state index in [2.05, 4.69) is 15.6 Å². The second-order valence-electron chi connectivity index (χ2n) is 8.61. The summed E-state index contributed by atoms with van der Waals surface area (Å²) < 4.78 is 76.8. The molecule has 1 aliphatic carbocycles. The van der Waals surface area contributed by atoms with Crippen molar-refractivity contribution in [1.29, 1.82) is 0 Å². The van der Waals surface area contributed by atoms with Crippen LogP contribution in [-0.4, -0.2) is 46.5 Å². The first-order chi connectivity index (χ1) is 15.8. The van der Waals surface area contributed by atoms with Gasteiger partial charge in [0.15, 0.2) is 5.13 Å². The molecule has 0 bridgehead atoms. The number of anilines is 1. The summed E-state index contributed by atoms with van der Waals surface area (Å²) in [7, 11) is 0. The fraction of sp³-hybridized carbons (Fsp3) is 0.545. The number of nitrogens with one attached hydrogen (secondary N) is 2. The van der Waals surface area contributed by atoms with Gasteiger partial charge in [-0.1, -0.05) is 29.8 Å². The molecule has 3 N–H and O–H groups in total. The van der Waals surface area contributed by atoms with Crippen molar-refractivity contribution in [2.75, 3.05) is 11.9 Å². The number of aromatic nitrogens is 1. The van der Waals surface area contributed by atoms with Gasteiger partial charge < -0.3 is 15.7 Å². The largest absolute Gasteiger partial charge is 0.427 e. The first-order valence-corrected chi connectivity index (χ1v) is 11.6. The van der Waals surface area contributed by atoms with Gasteiger partial charge in [-0.2, -0.15) is 26.3 Å². The lowest BCUT2D eigenvalue weighted by molar-refractivity contribution is -0.365. The third-order valence-corrected chi connectivity index (χ3v) is 6.76. The van der Waals surface area contributed by atoms with Gasteiger partial charge in [-0.15, -0.1) is 11.3 Å². The van der Waals surface area contributed by atoms with Gasteiger partial charge >= 0.3 is 12.4 Å². The summed E-state index contributed by atoms with van der Waals surface area (Å²) in [6.45, 7) is 0.314. The van der Waals surface area contributed by atoms with E-state index in [1.807, 2.05) is 36.6 Å². The average Bonchev–Trinajstić information content (AvgIpc) is 3.20. The minimum atomic E-state index is -5.84. The van der Waals surface area contributed by atoms with Crippen molar-refractivity contribution in [3.63, 3.8) is 0 Å². The maximum atomic E-state index is 12.8. The van der Waals surface area contributed by atoms with E-state index in [9.17, 15) is 36.2 Å². The summed E-state index contributed by atoms with van der Waals surface area (Å²) in [6.07, 6.45) is -9.97. The molecular formula is C22H25F6N3O2S. The number of halogens is 6. The summed E-state index contributed by atoms with van der Waals surface area (Å²) in [4.78, 5) is 16.8. The Morgan fingerprint density at radius 3 is 2.21 bits per heavy atom.